The van der Waals surface area contributed by atoms with Crippen molar-refractivity contribution in [1.82, 2.24) is 4.98 Å². The number of hydrogen-bond donors (Lipinski definition) is 1. The quantitative estimate of drug-likeness (QED) is 0.717. The van der Waals surface area contributed by atoms with E-state index in [9.17, 15) is 9.59 Å². The molecule has 3 aromatic rings. The highest BCUT2D eigenvalue weighted by atomic mass is 35.5. The number of Topliss-reactive ketones (excluding diaryl/α,β-unsaturated/α-hetero) is 1. The van der Waals surface area contributed by atoms with Gasteiger partial charge in [-0.1, -0.05) is 35.9 Å². The van der Waals surface area contributed by atoms with Crippen LogP contribution in [0.15, 0.2) is 53.3 Å². The Morgan fingerprint density at radius 3 is 2.76 bits per heavy atom. The molecule has 0 unspecified atom stereocenters. The molecular weight excluding hydrogens is 358 g/mol. The zero-order valence-electron chi connectivity index (χ0n) is 13.3. The lowest BCUT2D eigenvalue weighted by Crippen LogP contribution is -2.20. The molecule has 0 bridgehead atoms. The van der Waals surface area contributed by atoms with Crippen LogP contribution in [0.4, 0.5) is 0 Å². The van der Waals surface area contributed by atoms with Crippen molar-refractivity contribution in [3.63, 3.8) is 0 Å². The van der Waals surface area contributed by atoms with E-state index in [1.165, 1.54) is 24.5 Å². The molecule has 1 N–H and O–H groups in total. The first-order valence-corrected chi connectivity index (χ1v) is 8.62. The second kappa shape index (κ2) is 7.51. The van der Waals surface area contributed by atoms with E-state index in [2.05, 4.69) is 4.98 Å². The highest BCUT2D eigenvalue weighted by molar-refractivity contribution is 7.07. The third kappa shape index (κ3) is 4.07. The minimum Gasteiger partial charge on any atom is -0.496 e. The standard InChI is InChI=1S/C19H14ClNO3S/c1-24-16-8-3-2-7-14(16)15(22)11-18-21-19(23)17(25-18)10-12-5-4-6-13(20)9-12/h2-11H,1H3,(H,21,23)/b17-10+,18-11+. The SMILES string of the molecule is COc1ccccc1C(=O)/C=c1\[nH]c(=O)/c(=C\c2cccc(Cl)c2)s1. The fraction of sp³-hybridized carbons (Fsp3) is 0.0526. The zero-order chi connectivity index (χ0) is 17.8. The predicted octanol–water partition coefficient (Wildman–Crippen LogP) is 2.59. The van der Waals surface area contributed by atoms with E-state index in [4.69, 9.17) is 16.3 Å². The molecule has 2 aromatic carbocycles. The average Bonchev–Trinajstić information content (AvgIpc) is 2.94. The van der Waals surface area contributed by atoms with Crippen molar-refractivity contribution in [2.45, 2.75) is 0 Å². The maximum absolute atomic E-state index is 12.4. The maximum atomic E-state index is 12.4. The van der Waals surface area contributed by atoms with E-state index in [1.807, 2.05) is 12.1 Å². The summed E-state index contributed by atoms with van der Waals surface area (Å²) in [5.74, 6) is 0.262. The van der Waals surface area contributed by atoms with E-state index in [0.29, 0.717) is 25.5 Å². The number of nitrogens with one attached hydrogen (secondary N) is 1. The molecule has 6 heteroatoms. The lowest BCUT2D eigenvalue weighted by molar-refractivity contribution is 0.105. The van der Waals surface area contributed by atoms with Crippen molar-refractivity contribution < 1.29 is 9.53 Å². The molecule has 3 rings (SSSR count). The summed E-state index contributed by atoms with van der Waals surface area (Å²) in [5.41, 5.74) is 1.02. The highest BCUT2D eigenvalue weighted by Crippen LogP contribution is 2.18. The largest absolute Gasteiger partial charge is 0.496 e. The predicted molar refractivity (Wildman–Crippen MR) is 101 cm³/mol. The van der Waals surface area contributed by atoms with Crippen LogP contribution in [0.1, 0.15) is 15.9 Å². The van der Waals surface area contributed by atoms with Gasteiger partial charge in [0.2, 0.25) is 0 Å². The molecule has 0 aliphatic heterocycles. The van der Waals surface area contributed by atoms with Crippen molar-refractivity contribution in [3.05, 3.63) is 84.2 Å². The number of benzene rings is 2. The fourth-order valence-corrected chi connectivity index (χ4v) is 3.40. The molecule has 126 valence electrons. The van der Waals surface area contributed by atoms with Crippen molar-refractivity contribution in [2.75, 3.05) is 7.11 Å². The van der Waals surface area contributed by atoms with E-state index in [-0.39, 0.29) is 11.3 Å². The number of ether oxygens (including phenoxy) is 1. The lowest BCUT2D eigenvalue weighted by atomic mass is 10.1. The Labute approximate surface area is 152 Å². The summed E-state index contributed by atoms with van der Waals surface area (Å²) in [7, 11) is 1.51. The van der Waals surface area contributed by atoms with Crippen molar-refractivity contribution in [1.29, 1.82) is 0 Å². The summed E-state index contributed by atoms with van der Waals surface area (Å²) in [6.45, 7) is 0. The van der Waals surface area contributed by atoms with E-state index < -0.39 is 0 Å². The second-order valence-corrected chi connectivity index (χ2v) is 6.71. The first kappa shape index (κ1) is 17.2. The van der Waals surface area contributed by atoms with Crippen LogP contribution in [0.5, 0.6) is 5.75 Å². The van der Waals surface area contributed by atoms with Crippen LogP contribution in [-0.4, -0.2) is 17.9 Å². The van der Waals surface area contributed by atoms with Crippen LogP contribution < -0.4 is 19.5 Å². The van der Waals surface area contributed by atoms with E-state index in [1.54, 1.807) is 42.5 Å². The van der Waals surface area contributed by atoms with Crippen molar-refractivity contribution in [3.8, 4) is 5.75 Å². The number of aromatic amines is 1. The number of aromatic nitrogens is 1. The van der Waals surface area contributed by atoms with Crippen molar-refractivity contribution >= 4 is 40.9 Å². The van der Waals surface area contributed by atoms with Crippen LogP contribution in [0.2, 0.25) is 5.02 Å². The van der Waals surface area contributed by atoms with Gasteiger partial charge >= 0.3 is 0 Å². The molecular formula is C19H14ClNO3S. The minimum absolute atomic E-state index is 0.232. The third-order valence-corrected chi connectivity index (χ3v) is 4.66. The lowest BCUT2D eigenvalue weighted by Gasteiger charge is -2.03. The summed E-state index contributed by atoms with van der Waals surface area (Å²) in [5, 5.41) is 0.597. The maximum Gasteiger partial charge on any atom is 0.266 e. The number of para-hydroxylation sites is 1. The summed E-state index contributed by atoms with van der Waals surface area (Å²) in [4.78, 5) is 27.2. The van der Waals surface area contributed by atoms with Gasteiger partial charge in [0, 0.05) is 11.1 Å². The summed E-state index contributed by atoms with van der Waals surface area (Å²) >= 11 is 7.17. The topological polar surface area (TPSA) is 59.2 Å². The Morgan fingerprint density at radius 2 is 2.00 bits per heavy atom. The smallest absolute Gasteiger partial charge is 0.266 e. The molecule has 0 radical (unpaired) electrons. The Hall–Kier alpha value is -2.63. The van der Waals surface area contributed by atoms with Gasteiger partial charge in [-0.05, 0) is 35.9 Å². The van der Waals surface area contributed by atoms with Crippen LogP contribution in [-0.2, 0) is 0 Å². The fourth-order valence-electron chi connectivity index (χ4n) is 2.32. The molecule has 1 aromatic heterocycles. The number of rotatable bonds is 4. The number of halogens is 1. The van der Waals surface area contributed by atoms with Gasteiger partial charge in [-0.15, -0.1) is 11.3 Å². The van der Waals surface area contributed by atoms with Gasteiger partial charge in [-0.3, -0.25) is 9.59 Å². The number of methoxy groups -OCH3 is 1. The van der Waals surface area contributed by atoms with E-state index in [0.717, 1.165) is 5.56 Å². The Kier molecular flexibility index (Phi) is 5.16. The molecule has 0 saturated carbocycles. The molecule has 25 heavy (non-hydrogen) atoms. The molecule has 4 nitrogen and oxygen atoms in total. The number of thiazole rings is 1. The molecule has 0 saturated heterocycles. The molecule has 1 heterocycles. The Balaban J connectivity index is 2.01. The monoisotopic (exact) mass is 371 g/mol. The third-order valence-electron chi connectivity index (χ3n) is 3.46. The molecule has 0 atom stereocenters. The number of ketones is 1. The number of H-pyrrole nitrogens is 1. The van der Waals surface area contributed by atoms with Gasteiger partial charge in [-0.25, -0.2) is 0 Å². The van der Waals surface area contributed by atoms with Crippen LogP contribution in [0.25, 0.3) is 12.2 Å². The van der Waals surface area contributed by atoms with Crippen LogP contribution in [0.3, 0.4) is 0 Å². The van der Waals surface area contributed by atoms with Gasteiger partial charge in [0.05, 0.1) is 21.9 Å². The molecule has 0 amide bonds. The van der Waals surface area contributed by atoms with Crippen LogP contribution in [0, 0.1) is 0 Å². The van der Waals surface area contributed by atoms with Gasteiger partial charge in [-0.2, -0.15) is 0 Å². The second-order valence-electron chi connectivity index (χ2n) is 5.19. The van der Waals surface area contributed by atoms with Gasteiger partial charge < -0.3 is 9.72 Å². The summed E-state index contributed by atoms with van der Waals surface area (Å²) < 4.78 is 6.18. The Bertz CT molecular complexity index is 1100. The minimum atomic E-state index is -0.246. The molecule has 0 fully saturated rings. The molecule has 0 aliphatic rings. The number of hydrogen-bond acceptors (Lipinski definition) is 4. The molecule has 0 spiro atoms. The number of carbonyl (C=O) groups excluding carboxylic acids is 1. The zero-order valence-corrected chi connectivity index (χ0v) is 14.9. The Morgan fingerprint density at radius 1 is 1.20 bits per heavy atom. The number of carbonyl (C=O) groups is 1. The summed E-state index contributed by atoms with van der Waals surface area (Å²) in [6.07, 6.45) is 3.14. The molecule has 0 aliphatic carbocycles. The van der Waals surface area contributed by atoms with E-state index >= 15 is 0 Å². The first-order valence-electron chi connectivity index (χ1n) is 7.42. The van der Waals surface area contributed by atoms with Gasteiger partial charge in [0.15, 0.2) is 5.78 Å². The normalized spacial score (nSPS) is 12.4. The first-order chi connectivity index (χ1) is 12.1. The van der Waals surface area contributed by atoms with Crippen molar-refractivity contribution in [2.24, 2.45) is 0 Å². The summed E-state index contributed by atoms with van der Waals surface area (Å²) in [6, 6.07) is 14.2. The highest BCUT2D eigenvalue weighted by Gasteiger charge is 2.09. The van der Waals surface area contributed by atoms with Gasteiger partial charge in [0.25, 0.3) is 5.56 Å². The van der Waals surface area contributed by atoms with Crippen LogP contribution >= 0.6 is 22.9 Å². The average molecular weight is 372 g/mol. The van der Waals surface area contributed by atoms with Gasteiger partial charge in [0.1, 0.15) is 5.75 Å².